The largest absolute Gasteiger partial charge is 0.444 e. The second-order valence-electron chi connectivity index (χ2n) is 13.7. The number of carbonyl (C=O) groups is 3. The predicted molar refractivity (Wildman–Crippen MR) is 205 cm³/mol. The van der Waals surface area contributed by atoms with Crippen molar-refractivity contribution in [2.24, 2.45) is 5.92 Å². The lowest BCUT2D eigenvalue weighted by molar-refractivity contribution is -0.122. The summed E-state index contributed by atoms with van der Waals surface area (Å²) >= 11 is 3.04. The molecule has 0 radical (unpaired) electrons. The molecule has 12 heteroatoms. The number of thiazole rings is 2. The Labute approximate surface area is 310 Å². The number of carbonyl (C=O) groups excluding carboxylic acids is 3. The summed E-state index contributed by atoms with van der Waals surface area (Å²) in [6.45, 7) is 5.38. The smallest absolute Gasteiger partial charge is 0.407 e. The number of amides is 3. The average Bonchev–Trinajstić information content (AvgIpc) is 3.81. The maximum absolute atomic E-state index is 14.1. The van der Waals surface area contributed by atoms with E-state index < -0.39 is 12.1 Å². The maximum Gasteiger partial charge on any atom is 0.407 e. The number of Topliss-reactive ketones (excluding diaryl/α,β-unsaturated/α-hetero) is 1. The highest BCUT2D eigenvalue weighted by Gasteiger charge is 2.27. The van der Waals surface area contributed by atoms with Gasteiger partial charge in [0.05, 0.1) is 33.7 Å². The van der Waals surface area contributed by atoms with Crippen LogP contribution in [0.2, 0.25) is 0 Å². The summed E-state index contributed by atoms with van der Waals surface area (Å²) in [6, 6.07) is 19.1. The predicted octanol–water partition coefficient (Wildman–Crippen LogP) is 7.32. The summed E-state index contributed by atoms with van der Waals surface area (Å²) in [6.07, 6.45) is 4.71. The van der Waals surface area contributed by atoms with Crippen LogP contribution in [0, 0.1) is 5.92 Å². The highest BCUT2D eigenvalue weighted by Crippen LogP contribution is 2.23. The lowest BCUT2D eigenvalue weighted by Gasteiger charge is -2.26. The van der Waals surface area contributed by atoms with Gasteiger partial charge in [0.25, 0.3) is 0 Å². The molecule has 2 heterocycles. The summed E-state index contributed by atoms with van der Waals surface area (Å²) < 4.78 is 5.52. The molecule has 0 fully saturated rings. The Bertz CT molecular complexity index is 1610. The fourth-order valence-electron chi connectivity index (χ4n) is 5.81. The molecular formula is C39H52N6O4S2. The Balaban J connectivity index is 1.45. The van der Waals surface area contributed by atoms with Gasteiger partial charge in [0.15, 0.2) is 5.78 Å². The van der Waals surface area contributed by atoms with Crippen LogP contribution in [0.3, 0.4) is 0 Å². The average molecular weight is 733 g/mol. The van der Waals surface area contributed by atoms with Crippen molar-refractivity contribution < 1.29 is 19.1 Å². The van der Waals surface area contributed by atoms with Crippen molar-refractivity contribution in [1.29, 1.82) is 0 Å². The first kappa shape index (κ1) is 39.7. The molecule has 2 aromatic heterocycles. The molecule has 2 N–H and O–H groups in total. The van der Waals surface area contributed by atoms with E-state index in [0.717, 1.165) is 26.7 Å². The molecule has 0 bridgehead atoms. The number of aromatic nitrogens is 2. The van der Waals surface area contributed by atoms with Gasteiger partial charge in [0.1, 0.15) is 6.61 Å². The van der Waals surface area contributed by atoms with Gasteiger partial charge in [-0.3, -0.25) is 9.78 Å². The van der Waals surface area contributed by atoms with E-state index in [1.165, 1.54) is 11.3 Å². The number of hydrogen-bond acceptors (Lipinski definition) is 9. The molecule has 0 aliphatic heterocycles. The first-order chi connectivity index (χ1) is 24.5. The van der Waals surface area contributed by atoms with E-state index in [9.17, 15) is 14.4 Å². The van der Waals surface area contributed by atoms with Crippen LogP contribution in [0.1, 0.15) is 72.2 Å². The van der Waals surface area contributed by atoms with Crippen LogP contribution in [-0.4, -0.2) is 77.4 Å². The molecule has 3 unspecified atom stereocenters. The van der Waals surface area contributed by atoms with Gasteiger partial charge < -0.3 is 25.2 Å². The van der Waals surface area contributed by atoms with Gasteiger partial charge in [0.2, 0.25) is 0 Å². The molecule has 0 saturated carbocycles. The summed E-state index contributed by atoms with van der Waals surface area (Å²) in [5.41, 5.74) is 4.80. The van der Waals surface area contributed by atoms with Gasteiger partial charge in [-0.1, -0.05) is 74.5 Å². The second kappa shape index (κ2) is 20.7. The SMILES string of the molecule is CC(C)c1nc(CN(C)C(=O)NC(CCN(C)C)C(=O)CC(CCC(Cc2ccccc2)NC(=O)OCc2cncs2)Cc2ccccc2)cs1. The molecule has 0 spiro atoms. The number of nitrogens with one attached hydrogen (secondary N) is 2. The summed E-state index contributed by atoms with van der Waals surface area (Å²) in [5.74, 6) is 0.327. The van der Waals surface area contributed by atoms with E-state index in [4.69, 9.17) is 4.74 Å². The zero-order valence-corrected chi connectivity index (χ0v) is 32.1. The zero-order valence-electron chi connectivity index (χ0n) is 30.4. The number of alkyl carbamates (subject to hydrolysis) is 1. The van der Waals surface area contributed by atoms with Crippen molar-refractivity contribution in [3.63, 3.8) is 0 Å². The van der Waals surface area contributed by atoms with E-state index in [0.29, 0.717) is 57.5 Å². The van der Waals surface area contributed by atoms with Crippen LogP contribution in [0.15, 0.2) is 77.8 Å². The summed E-state index contributed by atoms with van der Waals surface area (Å²) in [4.78, 5) is 53.6. The highest BCUT2D eigenvalue weighted by atomic mass is 32.1. The molecule has 0 aliphatic rings. The van der Waals surface area contributed by atoms with Gasteiger partial charge in [-0.05, 0) is 69.8 Å². The highest BCUT2D eigenvalue weighted by molar-refractivity contribution is 7.09. The molecule has 4 rings (SSSR count). The number of urea groups is 1. The van der Waals surface area contributed by atoms with Crippen molar-refractivity contribution in [3.05, 3.63) is 104 Å². The van der Waals surface area contributed by atoms with Crippen LogP contribution in [-0.2, 0) is 35.5 Å². The van der Waals surface area contributed by atoms with Gasteiger partial charge in [0, 0.05) is 37.0 Å². The van der Waals surface area contributed by atoms with E-state index in [-0.39, 0.29) is 30.4 Å². The van der Waals surface area contributed by atoms with Crippen LogP contribution in [0.4, 0.5) is 9.59 Å². The zero-order chi connectivity index (χ0) is 36.6. The molecule has 2 aromatic carbocycles. The lowest BCUT2D eigenvalue weighted by atomic mass is 9.86. The van der Waals surface area contributed by atoms with Crippen LogP contribution in [0.5, 0.6) is 0 Å². The van der Waals surface area contributed by atoms with E-state index in [1.54, 1.807) is 35.0 Å². The third-order valence-corrected chi connectivity index (χ3v) is 10.6. The van der Waals surface area contributed by atoms with Crippen molar-refractivity contribution in [3.8, 4) is 0 Å². The van der Waals surface area contributed by atoms with Crippen LogP contribution < -0.4 is 10.6 Å². The van der Waals surface area contributed by atoms with E-state index in [1.807, 2.05) is 60.8 Å². The molecule has 0 saturated heterocycles. The topological polar surface area (TPSA) is 117 Å². The fourth-order valence-corrected chi connectivity index (χ4v) is 7.14. The van der Waals surface area contributed by atoms with Gasteiger partial charge in [-0.2, -0.15) is 0 Å². The third kappa shape index (κ3) is 14.2. The fraction of sp³-hybridized carbons (Fsp3) is 0.462. The Kier molecular flexibility index (Phi) is 16.1. The monoisotopic (exact) mass is 732 g/mol. The summed E-state index contributed by atoms with van der Waals surface area (Å²) in [5, 5.41) is 9.16. The Hall–Kier alpha value is -4.13. The molecule has 274 valence electrons. The van der Waals surface area contributed by atoms with Gasteiger partial charge in [-0.25, -0.2) is 14.6 Å². The molecular weight excluding hydrogens is 681 g/mol. The second-order valence-corrected chi connectivity index (χ2v) is 15.5. The molecule has 10 nitrogen and oxygen atoms in total. The maximum atomic E-state index is 14.1. The van der Waals surface area contributed by atoms with Gasteiger partial charge >= 0.3 is 12.1 Å². The minimum absolute atomic E-state index is 0.00543. The van der Waals surface area contributed by atoms with Crippen LogP contribution in [0.25, 0.3) is 0 Å². The lowest BCUT2D eigenvalue weighted by Crippen LogP contribution is -2.48. The molecule has 4 aromatic rings. The molecule has 3 atom stereocenters. The standard InChI is InChI=1S/C39H52N6O4S2/c1-28(2)37-41-33(26-50-37)24-45(5)38(47)43-35(18-19-44(3)4)36(46)22-31(20-29-12-8-6-9-13-29)16-17-32(21-30-14-10-7-11-15-30)42-39(48)49-25-34-23-40-27-51-34/h6-15,23,26-28,31-32,35H,16-22,24-25H2,1-5H3,(H,42,48)(H,43,47). The Morgan fingerprint density at radius 2 is 1.55 bits per heavy atom. The van der Waals surface area contributed by atoms with Gasteiger partial charge in [-0.15, -0.1) is 22.7 Å². The first-order valence-corrected chi connectivity index (χ1v) is 19.3. The number of rotatable bonds is 20. The number of hydrogen-bond donors (Lipinski definition) is 2. The van der Waals surface area contributed by atoms with E-state index in [2.05, 4.69) is 58.7 Å². The Morgan fingerprint density at radius 1 is 0.863 bits per heavy atom. The van der Waals surface area contributed by atoms with E-state index >= 15 is 0 Å². The quantitative estimate of drug-likeness (QED) is 0.0979. The molecule has 51 heavy (non-hydrogen) atoms. The van der Waals surface area contributed by atoms with Crippen molar-refractivity contribution in [2.75, 3.05) is 27.7 Å². The molecule has 3 amide bonds. The normalized spacial score (nSPS) is 13.1. The molecule has 0 aliphatic carbocycles. The minimum Gasteiger partial charge on any atom is -0.444 e. The number of benzene rings is 2. The van der Waals surface area contributed by atoms with Crippen molar-refractivity contribution in [1.82, 2.24) is 30.4 Å². The minimum atomic E-state index is -0.637. The number of nitrogens with zero attached hydrogens (tertiary/aromatic N) is 4. The Morgan fingerprint density at radius 3 is 2.16 bits per heavy atom. The first-order valence-electron chi connectivity index (χ1n) is 17.6. The number of ketones is 1. The van der Waals surface area contributed by atoms with Crippen molar-refractivity contribution >= 4 is 40.6 Å². The number of ether oxygens (including phenoxy) is 1. The third-order valence-electron chi connectivity index (χ3n) is 8.62. The van der Waals surface area contributed by atoms with Crippen molar-refractivity contribution in [2.45, 2.75) is 83.5 Å². The van der Waals surface area contributed by atoms with Crippen LogP contribution >= 0.6 is 22.7 Å². The summed E-state index contributed by atoms with van der Waals surface area (Å²) in [7, 11) is 5.66.